The lowest BCUT2D eigenvalue weighted by Crippen LogP contribution is -2.23. The lowest BCUT2D eigenvalue weighted by molar-refractivity contribution is 0.0955. The van der Waals surface area contributed by atoms with Crippen molar-refractivity contribution in [1.82, 2.24) is 9.62 Å². The Bertz CT molecular complexity index is 731. The van der Waals surface area contributed by atoms with Crippen molar-refractivity contribution in [3.05, 3.63) is 38.2 Å². The second-order valence-electron chi connectivity index (χ2n) is 4.58. The first kappa shape index (κ1) is 16.2. The number of amides is 1. The molecule has 0 saturated carbocycles. The molecule has 5 nitrogen and oxygen atoms in total. The highest BCUT2D eigenvalue weighted by molar-refractivity contribution is 7.89. The van der Waals surface area contributed by atoms with Crippen molar-refractivity contribution in [2.45, 2.75) is 18.4 Å². The number of carbonyl (C=O) groups excluding carboxylic acids is 1. The zero-order valence-electron chi connectivity index (χ0n) is 11.9. The van der Waals surface area contributed by atoms with Gasteiger partial charge >= 0.3 is 0 Å². The van der Waals surface area contributed by atoms with E-state index in [2.05, 4.69) is 5.32 Å². The summed E-state index contributed by atoms with van der Waals surface area (Å²) in [7, 11) is -0.562. The van der Waals surface area contributed by atoms with Crippen LogP contribution in [0.5, 0.6) is 0 Å². The van der Waals surface area contributed by atoms with Gasteiger partial charge in [-0.1, -0.05) is 6.07 Å². The Morgan fingerprint density at radius 1 is 1.38 bits per heavy atom. The predicted octanol–water partition coefficient (Wildman–Crippen LogP) is 2.30. The van der Waals surface area contributed by atoms with Gasteiger partial charge in [0.15, 0.2) is 0 Å². The number of hydrogen-bond acceptors (Lipinski definition) is 5. The minimum Gasteiger partial charge on any atom is -0.346 e. The summed E-state index contributed by atoms with van der Waals surface area (Å²) in [6.45, 7) is 2.15. The highest BCUT2D eigenvalue weighted by atomic mass is 32.2. The van der Waals surface area contributed by atoms with Crippen LogP contribution in [0.15, 0.2) is 28.5 Å². The molecule has 0 spiro atoms. The van der Waals surface area contributed by atoms with Crippen molar-refractivity contribution < 1.29 is 13.2 Å². The molecule has 0 atom stereocenters. The van der Waals surface area contributed by atoms with E-state index in [4.69, 9.17) is 0 Å². The van der Waals surface area contributed by atoms with Crippen LogP contribution in [0.3, 0.4) is 0 Å². The van der Waals surface area contributed by atoms with Crippen molar-refractivity contribution >= 4 is 38.6 Å². The molecule has 0 aromatic carbocycles. The third-order valence-corrected chi connectivity index (χ3v) is 6.85. The normalized spacial score (nSPS) is 11.8. The van der Waals surface area contributed by atoms with E-state index in [1.165, 1.54) is 31.5 Å². The van der Waals surface area contributed by atoms with E-state index in [-0.39, 0.29) is 10.8 Å². The highest BCUT2D eigenvalue weighted by Crippen LogP contribution is 2.27. The van der Waals surface area contributed by atoms with Gasteiger partial charge in [-0.2, -0.15) is 0 Å². The maximum absolute atomic E-state index is 12.1. The molecule has 2 aromatic rings. The number of sulfonamides is 1. The van der Waals surface area contributed by atoms with Crippen LogP contribution in [0.2, 0.25) is 0 Å². The summed E-state index contributed by atoms with van der Waals surface area (Å²) >= 11 is 2.75. The van der Waals surface area contributed by atoms with E-state index in [0.29, 0.717) is 16.3 Å². The minimum atomic E-state index is -3.51. The van der Waals surface area contributed by atoms with Gasteiger partial charge in [0.05, 0.1) is 16.3 Å². The van der Waals surface area contributed by atoms with Crippen LogP contribution in [0.25, 0.3) is 0 Å². The standard InChI is InChI=1S/C13H16N2O3S3/c1-9-12(21(17,18)15(2)3)7-11(20-9)13(16)14-8-10-5-4-6-19-10/h4-7H,8H2,1-3H3,(H,14,16). The van der Waals surface area contributed by atoms with Crippen molar-refractivity contribution in [3.63, 3.8) is 0 Å². The van der Waals surface area contributed by atoms with Crippen LogP contribution in [0.4, 0.5) is 0 Å². The first-order valence-electron chi connectivity index (χ1n) is 6.16. The van der Waals surface area contributed by atoms with Crippen LogP contribution in [-0.2, 0) is 16.6 Å². The minimum absolute atomic E-state index is 0.193. The number of carbonyl (C=O) groups is 1. The molecule has 0 aliphatic rings. The molecule has 0 radical (unpaired) electrons. The Balaban J connectivity index is 2.16. The van der Waals surface area contributed by atoms with Gasteiger partial charge in [0.2, 0.25) is 10.0 Å². The Hall–Kier alpha value is -1.22. The monoisotopic (exact) mass is 344 g/mol. The molecule has 0 bridgehead atoms. The predicted molar refractivity (Wildman–Crippen MR) is 85.4 cm³/mol. The quantitative estimate of drug-likeness (QED) is 0.905. The van der Waals surface area contributed by atoms with Crippen molar-refractivity contribution in [1.29, 1.82) is 0 Å². The Kier molecular flexibility index (Phi) is 4.82. The SMILES string of the molecule is Cc1sc(C(=O)NCc2cccs2)cc1S(=O)(=O)N(C)C. The molecule has 2 heterocycles. The van der Waals surface area contributed by atoms with Crippen molar-refractivity contribution in [3.8, 4) is 0 Å². The van der Waals surface area contributed by atoms with Gasteiger partial charge in [-0.25, -0.2) is 12.7 Å². The molecular formula is C13H16N2O3S3. The second-order valence-corrected chi connectivity index (χ2v) is 8.99. The lowest BCUT2D eigenvalue weighted by atomic mass is 10.4. The molecule has 1 amide bonds. The number of thiophene rings is 2. The molecular weight excluding hydrogens is 328 g/mol. The van der Waals surface area contributed by atoms with E-state index in [0.717, 1.165) is 9.18 Å². The van der Waals surface area contributed by atoms with Crippen LogP contribution in [0.1, 0.15) is 19.4 Å². The van der Waals surface area contributed by atoms with E-state index in [1.54, 1.807) is 18.3 Å². The molecule has 0 unspecified atom stereocenters. The Morgan fingerprint density at radius 3 is 2.67 bits per heavy atom. The fraction of sp³-hybridized carbons (Fsp3) is 0.308. The molecule has 0 fully saturated rings. The summed E-state index contributed by atoms with van der Waals surface area (Å²) < 4.78 is 25.4. The van der Waals surface area contributed by atoms with Crippen LogP contribution >= 0.6 is 22.7 Å². The summed E-state index contributed by atoms with van der Waals surface area (Å²) in [5, 5.41) is 4.74. The lowest BCUT2D eigenvalue weighted by Gasteiger charge is -2.10. The average molecular weight is 344 g/mol. The Morgan fingerprint density at radius 2 is 2.10 bits per heavy atom. The van der Waals surface area contributed by atoms with Crippen molar-refractivity contribution in [2.24, 2.45) is 0 Å². The number of nitrogens with zero attached hydrogens (tertiary/aromatic N) is 1. The van der Waals surface area contributed by atoms with E-state index >= 15 is 0 Å². The third kappa shape index (κ3) is 3.52. The van der Waals surface area contributed by atoms with E-state index < -0.39 is 10.0 Å². The van der Waals surface area contributed by atoms with Gasteiger partial charge in [-0.15, -0.1) is 22.7 Å². The molecule has 0 aliphatic carbocycles. The van der Waals surface area contributed by atoms with Gasteiger partial charge in [0.25, 0.3) is 5.91 Å². The maximum Gasteiger partial charge on any atom is 0.261 e. The van der Waals surface area contributed by atoms with Gasteiger partial charge in [-0.3, -0.25) is 4.79 Å². The summed E-state index contributed by atoms with van der Waals surface area (Å²) in [4.78, 5) is 14.4. The summed E-state index contributed by atoms with van der Waals surface area (Å²) in [5.74, 6) is -0.253. The number of nitrogens with one attached hydrogen (secondary N) is 1. The summed E-state index contributed by atoms with van der Waals surface area (Å²) in [6, 6.07) is 5.30. The van der Waals surface area contributed by atoms with Crippen molar-refractivity contribution in [2.75, 3.05) is 14.1 Å². The molecule has 0 aliphatic heterocycles. The number of hydrogen-bond donors (Lipinski definition) is 1. The first-order chi connectivity index (χ1) is 9.82. The smallest absolute Gasteiger partial charge is 0.261 e. The van der Waals surface area contributed by atoms with Crippen LogP contribution < -0.4 is 5.32 Å². The molecule has 2 aromatic heterocycles. The molecule has 8 heteroatoms. The van der Waals surface area contributed by atoms with Gasteiger partial charge in [0.1, 0.15) is 0 Å². The zero-order valence-corrected chi connectivity index (χ0v) is 14.4. The molecule has 0 saturated heterocycles. The molecule has 2 rings (SSSR count). The van der Waals surface area contributed by atoms with Gasteiger partial charge < -0.3 is 5.32 Å². The number of aryl methyl sites for hydroxylation is 1. The van der Waals surface area contributed by atoms with E-state index in [1.807, 2.05) is 17.5 Å². The molecule has 114 valence electrons. The fourth-order valence-electron chi connectivity index (χ4n) is 1.70. The first-order valence-corrected chi connectivity index (χ1v) is 9.29. The zero-order chi connectivity index (χ0) is 15.6. The maximum atomic E-state index is 12.1. The number of rotatable bonds is 5. The average Bonchev–Trinajstić information content (AvgIpc) is 3.05. The largest absolute Gasteiger partial charge is 0.346 e. The summed E-state index contributed by atoms with van der Waals surface area (Å²) in [6.07, 6.45) is 0. The van der Waals surface area contributed by atoms with E-state index in [9.17, 15) is 13.2 Å². The second kappa shape index (κ2) is 6.27. The highest BCUT2D eigenvalue weighted by Gasteiger charge is 2.24. The fourth-order valence-corrected chi connectivity index (χ4v) is 4.71. The van der Waals surface area contributed by atoms with Gasteiger partial charge in [-0.05, 0) is 24.4 Å². The topological polar surface area (TPSA) is 66.5 Å². The molecule has 1 N–H and O–H groups in total. The third-order valence-electron chi connectivity index (χ3n) is 2.86. The van der Waals surface area contributed by atoms with Crippen LogP contribution in [-0.4, -0.2) is 32.7 Å². The van der Waals surface area contributed by atoms with Crippen LogP contribution in [0, 0.1) is 6.92 Å². The Labute approximate surface area is 132 Å². The summed E-state index contributed by atoms with van der Waals surface area (Å²) in [5.41, 5.74) is 0. The van der Waals surface area contributed by atoms with Gasteiger partial charge in [0, 0.05) is 23.8 Å². The molecule has 21 heavy (non-hydrogen) atoms.